The van der Waals surface area contributed by atoms with Crippen LogP contribution in [0.4, 0.5) is 5.69 Å². The third-order valence-electron chi connectivity index (χ3n) is 3.08. The van der Waals surface area contributed by atoms with Crippen LogP contribution in [0.25, 0.3) is 0 Å². The van der Waals surface area contributed by atoms with Crippen LogP contribution in [0.3, 0.4) is 0 Å². The van der Waals surface area contributed by atoms with E-state index in [0.717, 1.165) is 0 Å². The van der Waals surface area contributed by atoms with Crippen LogP contribution < -0.4 is 20.5 Å². The molecule has 9 heteroatoms. The number of amides is 1. The van der Waals surface area contributed by atoms with Gasteiger partial charge in [0.25, 0.3) is 5.91 Å². The molecule has 6 nitrogen and oxygen atoms in total. The fourth-order valence-corrected chi connectivity index (χ4v) is 2.53. The molecule has 2 rings (SSSR count). The molecule has 0 heterocycles. The van der Waals surface area contributed by atoms with E-state index in [0.29, 0.717) is 16.5 Å². The lowest BCUT2D eigenvalue weighted by molar-refractivity contribution is -0.255. The molecule has 0 saturated heterocycles. The Kier molecular flexibility index (Phi) is 6.19. The number of nitrogens with one attached hydrogen (secondary N) is 2. The number of benzene rings is 2. The number of halogens is 2. The quantitative estimate of drug-likeness (QED) is 0.770. The highest BCUT2D eigenvalue weighted by molar-refractivity contribution is 7.80. The third-order valence-corrected chi connectivity index (χ3v) is 3.85. The van der Waals surface area contributed by atoms with Crippen molar-refractivity contribution in [1.29, 1.82) is 0 Å². The van der Waals surface area contributed by atoms with Gasteiger partial charge in [-0.1, -0.05) is 23.2 Å². The Bertz CT molecular complexity index is 858. The van der Waals surface area contributed by atoms with Crippen molar-refractivity contribution in [1.82, 2.24) is 5.32 Å². The number of methoxy groups -OCH3 is 1. The summed E-state index contributed by atoms with van der Waals surface area (Å²) < 4.78 is 5.11. The number of rotatable bonds is 4. The number of carbonyl (C=O) groups excluding carboxylic acids is 2. The molecule has 25 heavy (non-hydrogen) atoms. The average Bonchev–Trinajstić information content (AvgIpc) is 2.56. The lowest BCUT2D eigenvalue weighted by Gasteiger charge is -2.13. The lowest BCUT2D eigenvalue weighted by atomic mass is 10.2. The summed E-state index contributed by atoms with van der Waals surface area (Å²) >= 11 is 16.7. The topological polar surface area (TPSA) is 90.5 Å². The third kappa shape index (κ3) is 4.82. The van der Waals surface area contributed by atoms with Crippen LogP contribution in [-0.4, -0.2) is 24.1 Å². The smallest absolute Gasteiger partial charge is 0.261 e. The minimum atomic E-state index is -1.42. The van der Waals surface area contributed by atoms with E-state index in [4.69, 9.17) is 40.2 Å². The second kappa shape index (κ2) is 8.15. The Morgan fingerprint density at radius 1 is 1.12 bits per heavy atom. The highest BCUT2D eigenvalue weighted by Crippen LogP contribution is 2.23. The summed E-state index contributed by atoms with van der Waals surface area (Å²) in [5.41, 5.74) is 0.329. The highest BCUT2D eigenvalue weighted by Gasteiger charge is 2.14. The molecule has 0 fully saturated rings. The second-order valence-corrected chi connectivity index (χ2v) is 5.99. The number of carbonyl (C=O) groups is 2. The molecule has 0 aromatic heterocycles. The van der Waals surface area contributed by atoms with Gasteiger partial charge in [-0.05, 0) is 48.6 Å². The van der Waals surface area contributed by atoms with Gasteiger partial charge in [-0.15, -0.1) is 0 Å². The van der Waals surface area contributed by atoms with Crippen LogP contribution in [0.15, 0.2) is 36.4 Å². The SMILES string of the molecule is COc1ccc(Cl)cc1C(=O)NC(=S)Nc1ccc(Cl)c(C(=O)[O-])c1. The predicted octanol–water partition coefficient (Wildman–Crippen LogP) is 2.49. The maximum atomic E-state index is 12.3. The number of aromatic carboxylic acids is 1. The Balaban J connectivity index is 2.13. The van der Waals surface area contributed by atoms with Crippen molar-refractivity contribution in [3.8, 4) is 5.75 Å². The number of anilines is 1. The van der Waals surface area contributed by atoms with Gasteiger partial charge in [0.2, 0.25) is 0 Å². The summed E-state index contributed by atoms with van der Waals surface area (Å²) in [7, 11) is 1.42. The second-order valence-electron chi connectivity index (χ2n) is 4.73. The summed E-state index contributed by atoms with van der Waals surface area (Å²) in [5, 5.41) is 16.5. The average molecular weight is 398 g/mol. The molecule has 2 aromatic rings. The van der Waals surface area contributed by atoms with Crippen LogP contribution >= 0.6 is 35.4 Å². The number of carboxylic acids is 1. The van der Waals surface area contributed by atoms with E-state index in [1.54, 1.807) is 12.1 Å². The first-order chi connectivity index (χ1) is 11.8. The molecular formula is C16H11Cl2N2O4S-. The summed E-state index contributed by atoms with van der Waals surface area (Å²) in [6.07, 6.45) is 0. The minimum Gasteiger partial charge on any atom is -0.545 e. The molecule has 0 saturated carbocycles. The van der Waals surface area contributed by atoms with Gasteiger partial charge in [0.15, 0.2) is 5.11 Å². The van der Waals surface area contributed by atoms with Crippen LogP contribution in [0, 0.1) is 0 Å². The molecule has 0 aliphatic carbocycles. The number of thiocarbonyl (C=S) groups is 1. The van der Waals surface area contributed by atoms with E-state index < -0.39 is 11.9 Å². The van der Waals surface area contributed by atoms with E-state index in [9.17, 15) is 14.7 Å². The molecule has 0 radical (unpaired) electrons. The van der Waals surface area contributed by atoms with Crippen molar-refractivity contribution >= 4 is 58.1 Å². The van der Waals surface area contributed by atoms with Crippen LogP contribution in [-0.2, 0) is 0 Å². The normalized spacial score (nSPS) is 10.0. The molecular weight excluding hydrogens is 387 g/mol. The van der Waals surface area contributed by atoms with Gasteiger partial charge >= 0.3 is 0 Å². The predicted molar refractivity (Wildman–Crippen MR) is 97.5 cm³/mol. The molecule has 2 aromatic carbocycles. The van der Waals surface area contributed by atoms with Crippen molar-refractivity contribution in [3.05, 3.63) is 57.6 Å². The first-order valence-corrected chi connectivity index (χ1v) is 7.95. The maximum Gasteiger partial charge on any atom is 0.261 e. The molecule has 2 N–H and O–H groups in total. The maximum absolute atomic E-state index is 12.3. The van der Waals surface area contributed by atoms with Gasteiger partial charge in [-0.25, -0.2) is 0 Å². The Morgan fingerprint density at radius 3 is 2.48 bits per heavy atom. The van der Waals surface area contributed by atoms with Gasteiger partial charge < -0.3 is 20.0 Å². The van der Waals surface area contributed by atoms with Crippen LogP contribution in [0.2, 0.25) is 10.0 Å². The monoisotopic (exact) mass is 397 g/mol. The minimum absolute atomic E-state index is 0.0316. The molecule has 0 aliphatic heterocycles. The molecule has 1 amide bonds. The van der Waals surface area contributed by atoms with E-state index >= 15 is 0 Å². The molecule has 0 atom stereocenters. The molecule has 0 unspecified atom stereocenters. The Labute approximate surface area is 158 Å². The van der Waals surface area contributed by atoms with Crippen molar-refractivity contribution in [2.24, 2.45) is 0 Å². The van der Waals surface area contributed by atoms with E-state index in [-0.39, 0.29) is 21.3 Å². The van der Waals surface area contributed by atoms with Gasteiger partial charge in [0.05, 0.1) is 18.6 Å². The highest BCUT2D eigenvalue weighted by atomic mass is 35.5. The van der Waals surface area contributed by atoms with Crippen molar-refractivity contribution in [2.75, 3.05) is 12.4 Å². The number of ether oxygens (including phenoxy) is 1. The van der Waals surface area contributed by atoms with Gasteiger partial charge in [-0.3, -0.25) is 10.1 Å². The van der Waals surface area contributed by atoms with E-state index in [1.165, 1.54) is 31.4 Å². The first kappa shape index (κ1) is 19.0. The zero-order valence-electron chi connectivity index (χ0n) is 12.8. The number of carboxylic acid groups (broad SMARTS) is 1. The van der Waals surface area contributed by atoms with Crippen molar-refractivity contribution < 1.29 is 19.4 Å². The fourth-order valence-electron chi connectivity index (χ4n) is 1.95. The Hall–Kier alpha value is -2.35. The van der Waals surface area contributed by atoms with E-state index in [2.05, 4.69) is 10.6 Å². The summed E-state index contributed by atoms with van der Waals surface area (Å²) in [5.74, 6) is -1.63. The van der Waals surface area contributed by atoms with Crippen LogP contribution in [0.5, 0.6) is 5.75 Å². The summed E-state index contributed by atoms with van der Waals surface area (Å²) in [6, 6.07) is 8.71. The first-order valence-electron chi connectivity index (χ1n) is 6.78. The zero-order chi connectivity index (χ0) is 18.6. The van der Waals surface area contributed by atoms with Gasteiger partial charge in [-0.2, -0.15) is 0 Å². The summed E-state index contributed by atoms with van der Waals surface area (Å²) in [4.78, 5) is 23.3. The lowest BCUT2D eigenvalue weighted by Crippen LogP contribution is -2.34. The standard InChI is InChI=1S/C16H12Cl2N2O4S/c1-24-13-5-2-8(17)6-11(13)14(21)20-16(25)19-9-3-4-12(18)10(7-9)15(22)23/h2-7H,1H3,(H,22,23)(H2,19,20,21,25)/p-1. The zero-order valence-corrected chi connectivity index (χ0v) is 15.1. The fraction of sp³-hybridized carbons (Fsp3) is 0.0625. The number of hydrogen-bond acceptors (Lipinski definition) is 5. The van der Waals surface area contributed by atoms with Crippen molar-refractivity contribution in [2.45, 2.75) is 0 Å². The van der Waals surface area contributed by atoms with Crippen molar-refractivity contribution in [3.63, 3.8) is 0 Å². The molecule has 130 valence electrons. The molecule has 0 spiro atoms. The van der Waals surface area contributed by atoms with Gasteiger partial charge in [0.1, 0.15) is 5.75 Å². The molecule has 0 aliphatic rings. The van der Waals surface area contributed by atoms with Gasteiger partial charge in [0, 0.05) is 21.3 Å². The molecule has 0 bridgehead atoms. The van der Waals surface area contributed by atoms with E-state index in [1.807, 2.05) is 0 Å². The largest absolute Gasteiger partial charge is 0.545 e. The number of hydrogen-bond donors (Lipinski definition) is 2. The Morgan fingerprint density at radius 2 is 1.84 bits per heavy atom. The summed E-state index contributed by atoms with van der Waals surface area (Å²) in [6.45, 7) is 0. The van der Waals surface area contributed by atoms with Crippen LogP contribution in [0.1, 0.15) is 20.7 Å².